The molecule has 5 nitrogen and oxygen atoms in total. The van der Waals surface area contributed by atoms with Crippen LogP contribution in [0.5, 0.6) is 0 Å². The van der Waals surface area contributed by atoms with Crippen LogP contribution < -0.4 is 16.4 Å². The number of carbonyl (C=O) groups is 2. The molecule has 25 heavy (non-hydrogen) atoms. The molecule has 5 heteroatoms. The van der Waals surface area contributed by atoms with E-state index in [1.54, 1.807) is 6.92 Å². The van der Waals surface area contributed by atoms with Gasteiger partial charge < -0.3 is 16.4 Å². The molecule has 0 unspecified atom stereocenters. The standard InChI is InChI=1S/C20H39N3O2/c1-12(2)9-16(23-19(24)15(6)21)11-22-20(25)18-10-14(5)7-8-17(18)13(3)4/h12-18H,7-11,21H2,1-6H3,(H,22,25)(H,23,24)/t14-,15-,16+,17+,18-/m1/s1. The second-order valence-electron chi connectivity index (χ2n) is 8.80. The Balaban J connectivity index is 2.66. The van der Waals surface area contributed by atoms with Gasteiger partial charge in [0.25, 0.3) is 0 Å². The zero-order chi connectivity index (χ0) is 19.1. The third kappa shape index (κ3) is 7.35. The van der Waals surface area contributed by atoms with Gasteiger partial charge in [-0.15, -0.1) is 0 Å². The fourth-order valence-corrected chi connectivity index (χ4v) is 3.95. The van der Waals surface area contributed by atoms with E-state index < -0.39 is 6.04 Å². The predicted molar refractivity (Wildman–Crippen MR) is 103 cm³/mol. The van der Waals surface area contributed by atoms with Crippen molar-refractivity contribution in [2.45, 2.75) is 79.3 Å². The summed E-state index contributed by atoms with van der Waals surface area (Å²) in [7, 11) is 0. The fraction of sp³-hybridized carbons (Fsp3) is 0.900. The fourth-order valence-electron chi connectivity index (χ4n) is 3.95. The summed E-state index contributed by atoms with van der Waals surface area (Å²) in [5.74, 6) is 2.10. The third-order valence-corrected chi connectivity index (χ3v) is 5.40. The number of nitrogens with one attached hydrogen (secondary N) is 2. The minimum atomic E-state index is -0.533. The second kappa shape index (κ2) is 10.1. The van der Waals surface area contributed by atoms with Crippen molar-refractivity contribution >= 4 is 11.8 Å². The molecular weight excluding hydrogens is 314 g/mol. The molecule has 0 bridgehead atoms. The quantitative estimate of drug-likeness (QED) is 0.627. The molecule has 0 spiro atoms. The normalized spacial score (nSPS) is 26.4. The number of nitrogens with two attached hydrogens (primary N) is 1. The first kappa shape index (κ1) is 21.9. The Morgan fingerprint density at radius 1 is 1.12 bits per heavy atom. The molecule has 1 fully saturated rings. The molecule has 0 saturated heterocycles. The number of carbonyl (C=O) groups excluding carboxylic acids is 2. The van der Waals surface area contributed by atoms with Gasteiger partial charge in [-0.2, -0.15) is 0 Å². The number of hydrogen-bond acceptors (Lipinski definition) is 3. The van der Waals surface area contributed by atoms with Crippen molar-refractivity contribution in [2.24, 2.45) is 35.3 Å². The average Bonchev–Trinajstić information content (AvgIpc) is 2.51. The molecule has 1 aliphatic rings. The van der Waals surface area contributed by atoms with Crippen LogP contribution in [-0.4, -0.2) is 30.4 Å². The van der Waals surface area contributed by atoms with E-state index in [1.165, 1.54) is 6.42 Å². The van der Waals surface area contributed by atoms with Gasteiger partial charge in [-0.1, -0.05) is 41.0 Å². The Bertz CT molecular complexity index is 435. The molecule has 1 rings (SSSR count). The minimum Gasteiger partial charge on any atom is -0.354 e. The van der Waals surface area contributed by atoms with Gasteiger partial charge >= 0.3 is 0 Å². The number of hydrogen-bond donors (Lipinski definition) is 3. The lowest BCUT2D eigenvalue weighted by molar-refractivity contribution is -0.130. The molecule has 0 aromatic carbocycles. The summed E-state index contributed by atoms with van der Waals surface area (Å²) >= 11 is 0. The Hall–Kier alpha value is -1.10. The van der Waals surface area contributed by atoms with Gasteiger partial charge in [-0.05, 0) is 49.9 Å². The van der Waals surface area contributed by atoms with Crippen LogP contribution in [0.3, 0.4) is 0 Å². The molecule has 0 aliphatic heterocycles. The van der Waals surface area contributed by atoms with E-state index in [0.29, 0.717) is 30.2 Å². The van der Waals surface area contributed by atoms with Gasteiger partial charge in [0.2, 0.25) is 11.8 Å². The van der Waals surface area contributed by atoms with Gasteiger partial charge in [0.15, 0.2) is 0 Å². The van der Waals surface area contributed by atoms with E-state index in [2.05, 4.69) is 45.3 Å². The highest BCUT2D eigenvalue weighted by Gasteiger charge is 2.35. The lowest BCUT2D eigenvalue weighted by Crippen LogP contribution is -2.50. The SMILES string of the molecule is CC(C)C[C@@H](CNC(=O)[C@@H]1C[C@H](C)CC[C@H]1C(C)C)NC(=O)[C@@H](C)N. The molecule has 2 amide bonds. The third-order valence-electron chi connectivity index (χ3n) is 5.40. The van der Waals surface area contributed by atoms with E-state index in [-0.39, 0.29) is 23.8 Å². The highest BCUT2D eigenvalue weighted by atomic mass is 16.2. The molecule has 0 aromatic heterocycles. The van der Waals surface area contributed by atoms with Gasteiger partial charge in [-0.25, -0.2) is 0 Å². The van der Waals surface area contributed by atoms with Gasteiger partial charge in [0, 0.05) is 18.5 Å². The topological polar surface area (TPSA) is 84.2 Å². The first-order valence-corrected chi connectivity index (χ1v) is 9.95. The van der Waals surface area contributed by atoms with Crippen molar-refractivity contribution in [3.05, 3.63) is 0 Å². The summed E-state index contributed by atoms with van der Waals surface area (Å²) in [6.45, 7) is 13.1. The van der Waals surface area contributed by atoms with Crippen LogP contribution in [0.2, 0.25) is 0 Å². The van der Waals surface area contributed by atoms with E-state index in [4.69, 9.17) is 5.73 Å². The molecule has 0 radical (unpaired) electrons. The Kier molecular flexibility index (Phi) is 8.91. The molecule has 1 saturated carbocycles. The van der Waals surface area contributed by atoms with Crippen LogP contribution in [0.15, 0.2) is 0 Å². The van der Waals surface area contributed by atoms with Crippen LogP contribution in [0.4, 0.5) is 0 Å². The largest absolute Gasteiger partial charge is 0.354 e. The lowest BCUT2D eigenvalue weighted by atomic mass is 9.70. The van der Waals surface area contributed by atoms with Crippen LogP contribution in [0.1, 0.15) is 67.2 Å². The summed E-state index contributed by atoms with van der Waals surface area (Å²) in [6, 6.07) is -0.601. The molecular formula is C20H39N3O2. The highest BCUT2D eigenvalue weighted by Crippen LogP contribution is 2.38. The van der Waals surface area contributed by atoms with Gasteiger partial charge in [0.05, 0.1) is 6.04 Å². The molecule has 0 aromatic rings. The van der Waals surface area contributed by atoms with E-state index in [9.17, 15) is 9.59 Å². The van der Waals surface area contributed by atoms with Crippen molar-refractivity contribution in [2.75, 3.05) is 6.54 Å². The zero-order valence-electron chi connectivity index (χ0n) is 17.0. The first-order valence-electron chi connectivity index (χ1n) is 9.95. The van der Waals surface area contributed by atoms with Gasteiger partial charge in [-0.3, -0.25) is 9.59 Å². The zero-order valence-corrected chi connectivity index (χ0v) is 17.0. The molecule has 146 valence electrons. The van der Waals surface area contributed by atoms with E-state index in [1.807, 2.05) is 0 Å². The maximum atomic E-state index is 12.8. The number of amides is 2. The van der Waals surface area contributed by atoms with Crippen molar-refractivity contribution in [1.29, 1.82) is 0 Å². The summed E-state index contributed by atoms with van der Waals surface area (Å²) in [5.41, 5.74) is 5.66. The monoisotopic (exact) mass is 353 g/mol. The Labute approximate surface area is 153 Å². The summed E-state index contributed by atoms with van der Waals surface area (Å²) in [5, 5.41) is 6.08. The van der Waals surface area contributed by atoms with Crippen molar-refractivity contribution in [3.63, 3.8) is 0 Å². The summed E-state index contributed by atoms with van der Waals surface area (Å²) < 4.78 is 0. The maximum absolute atomic E-state index is 12.8. The minimum absolute atomic E-state index is 0.0686. The number of rotatable bonds is 8. The maximum Gasteiger partial charge on any atom is 0.236 e. The molecule has 4 N–H and O–H groups in total. The van der Waals surface area contributed by atoms with E-state index >= 15 is 0 Å². The second-order valence-corrected chi connectivity index (χ2v) is 8.80. The molecule has 0 heterocycles. The highest BCUT2D eigenvalue weighted by molar-refractivity contribution is 5.81. The van der Waals surface area contributed by atoms with Crippen molar-refractivity contribution in [3.8, 4) is 0 Å². The molecule has 1 aliphatic carbocycles. The van der Waals surface area contributed by atoms with Crippen molar-refractivity contribution in [1.82, 2.24) is 10.6 Å². The smallest absolute Gasteiger partial charge is 0.236 e. The van der Waals surface area contributed by atoms with Crippen LogP contribution in [-0.2, 0) is 9.59 Å². The average molecular weight is 354 g/mol. The van der Waals surface area contributed by atoms with E-state index in [0.717, 1.165) is 19.3 Å². The summed E-state index contributed by atoms with van der Waals surface area (Å²) in [6.07, 6.45) is 4.14. The van der Waals surface area contributed by atoms with Crippen LogP contribution in [0.25, 0.3) is 0 Å². The van der Waals surface area contributed by atoms with Crippen LogP contribution >= 0.6 is 0 Å². The first-order chi connectivity index (χ1) is 11.6. The van der Waals surface area contributed by atoms with Crippen molar-refractivity contribution < 1.29 is 9.59 Å². The Morgan fingerprint density at radius 2 is 1.76 bits per heavy atom. The van der Waals surface area contributed by atoms with Crippen LogP contribution in [0, 0.1) is 29.6 Å². The Morgan fingerprint density at radius 3 is 2.28 bits per heavy atom. The van der Waals surface area contributed by atoms with Gasteiger partial charge in [0.1, 0.15) is 0 Å². The lowest BCUT2D eigenvalue weighted by Gasteiger charge is -2.36. The predicted octanol–water partition coefficient (Wildman–Crippen LogP) is 2.69. The summed E-state index contributed by atoms with van der Waals surface area (Å²) in [4.78, 5) is 24.7. The molecule has 5 atom stereocenters.